The highest BCUT2D eigenvalue weighted by atomic mass is 32.5. The first-order chi connectivity index (χ1) is 18.2. The third-order valence-corrected chi connectivity index (χ3v) is 8.18. The zero-order chi connectivity index (χ0) is 29.0. The number of esters is 1. The summed E-state index contributed by atoms with van der Waals surface area (Å²) in [4.78, 5) is 28.2. The van der Waals surface area contributed by atoms with E-state index in [0.717, 1.165) is 0 Å². The SMILES string of the molecule is C=C1NC(=O)C=CN1[C@@H]1O[C@@](COP(=S)(NC(C)C(=O)OC(C)C)Oc2ccccc2)(N=[N+]=[N-])C(O)C1(C)O. The van der Waals surface area contributed by atoms with E-state index in [0.29, 0.717) is 5.75 Å². The van der Waals surface area contributed by atoms with Gasteiger partial charge in [0.2, 0.25) is 5.72 Å². The fraction of sp³-hybridized carbons (Fsp3) is 0.478. The maximum Gasteiger partial charge on any atom is 0.323 e. The summed E-state index contributed by atoms with van der Waals surface area (Å²) in [6, 6.07) is 7.45. The number of hydrogen-bond acceptors (Lipinski definition) is 11. The Morgan fingerprint density at radius 2 is 2.08 bits per heavy atom. The molecular weight excluding hydrogens is 551 g/mol. The molecule has 3 rings (SSSR count). The average molecular weight is 583 g/mol. The zero-order valence-electron chi connectivity index (χ0n) is 21.8. The van der Waals surface area contributed by atoms with Gasteiger partial charge in [0, 0.05) is 17.2 Å². The van der Waals surface area contributed by atoms with E-state index >= 15 is 0 Å². The minimum absolute atomic E-state index is 0.0503. The van der Waals surface area contributed by atoms with Gasteiger partial charge in [-0.2, -0.15) is 0 Å². The standard InChI is InChI=1S/C23H31N6O8PS/c1-14(2)35-19(31)15(3)26-38(39,37-17-9-7-6-8-10-17)34-13-23(27-28-24)20(32)22(5,33)21(36-23)29-12-11-18(30)25-16(29)4/h6-12,14-15,20-21,32-33H,4,13H2,1-3,5H3,(H,25,30)(H,26,39)/t15?,20?,21-,22?,23-,38?/m1/s1. The maximum atomic E-state index is 12.5. The van der Waals surface area contributed by atoms with Crippen molar-refractivity contribution in [1.82, 2.24) is 15.3 Å². The third-order valence-electron chi connectivity index (χ3n) is 5.70. The van der Waals surface area contributed by atoms with Crippen molar-refractivity contribution in [2.24, 2.45) is 5.11 Å². The number of benzene rings is 1. The summed E-state index contributed by atoms with van der Waals surface area (Å²) >= 11 is 5.67. The van der Waals surface area contributed by atoms with Crippen LogP contribution < -0.4 is 14.9 Å². The van der Waals surface area contributed by atoms with Crippen molar-refractivity contribution in [1.29, 1.82) is 0 Å². The number of aliphatic hydroxyl groups excluding tert-OH is 1. The van der Waals surface area contributed by atoms with Gasteiger partial charge in [0.1, 0.15) is 29.3 Å². The molecule has 2 heterocycles. The Balaban J connectivity index is 1.92. The van der Waals surface area contributed by atoms with Crippen LogP contribution in [0.3, 0.4) is 0 Å². The van der Waals surface area contributed by atoms with Gasteiger partial charge >= 0.3 is 12.6 Å². The van der Waals surface area contributed by atoms with Crippen LogP contribution in [0.2, 0.25) is 0 Å². The molecule has 2 aliphatic heterocycles. The number of ether oxygens (including phenoxy) is 2. The number of amides is 1. The highest BCUT2D eigenvalue weighted by Gasteiger charge is 2.63. The van der Waals surface area contributed by atoms with E-state index in [2.05, 4.69) is 27.0 Å². The van der Waals surface area contributed by atoms with Gasteiger partial charge in [0.25, 0.3) is 5.91 Å². The van der Waals surface area contributed by atoms with Crippen molar-refractivity contribution in [3.05, 3.63) is 65.5 Å². The molecule has 1 saturated heterocycles. The van der Waals surface area contributed by atoms with E-state index in [1.54, 1.807) is 44.2 Å². The Kier molecular flexibility index (Phi) is 9.42. The topological polar surface area (TPSA) is 188 Å². The molecule has 4 unspecified atom stereocenters. The van der Waals surface area contributed by atoms with E-state index < -0.39 is 54.8 Å². The van der Waals surface area contributed by atoms with Crippen LogP contribution in [0.5, 0.6) is 5.75 Å². The van der Waals surface area contributed by atoms with Crippen LogP contribution in [-0.2, 0) is 35.4 Å². The number of carbonyl (C=O) groups excluding carboxylic acids is 2. The van der Waals surface area contributed by atoms with Crippen LogP contribution in [0.15, 0.2) is 60.1 Å². The number of aliphatic hydroxyl groups is 2. The molecule has 0 aliphatic carbocycles. The van der Waals surface area contributed by atoms with Crippen molar-refractivity contribution >= 4 is 30.3 Å². The molecule has 0 bridgehead atoms. The maximum absolute atomic E-state index is 12.5. The predicted molar refractivity (Wildman–Crippen MR) is 143 cm³/mol. The van der Waals surface area contributed by atoms with Gasteiger partial charge in [0.15, 0.2) is 6.23 Å². The number of rotatable bonds is 11. The minimum Gasteiger partial charge on any atom is -0.462 e. The first-order valence-electron chi connectivity index (χ1n) is 11.8. The van der Waals surface area contributed by atoms with E-state index in [1.807, 2.05) is 0 Å². The molecular formula is C23H31N6O8PS. The summed E-state index contributed by atoms with van der Waals surface area (Å²) in [5.74, 6) is -0.691. The Bertz CT molecular complexity index is 1220. The molecule has 1 aromatic rings. The number of hydrogen-bond donors (Lipinski definition) is 4. The van der Waals surface area contributed by atoms with Crippen LogP contribution in [0.25, 0.3) is 10.4 Å². The van der Waals surface area contributed by atoms with E-state index in [4.69, 9.17) is 30.3 Å². The first kappa shape index (κ1) is 30.5. The minimum atomic E-state index is -3.63. The molecule has 14 nitrogen and oxygen atoms in total. The highest BCUT2D eigenvalue weighted by molar-refractivity contribution is 8.09. The van der Waals surface area contributed by atoms with Gasteiger partial charge in [-0.25, -0.2) is 5.09 Å². The lowest BCUT2D eigenvalue weighted by molar-refractivity contribution is -0.149. The quantitative estimate of drug-likeness (QED) is 0.0984. The largest absolute Gasteiger partial charge is 0.462 e. The Hall–Kier alpha value is -3.00. The molecule has 16 heteroatoms. The molecule has 39 heavy (non-hydrogen) atoms. The monoisotopic (exact) mass is 582 g/mol. The van der Waals surface area contributed by atoms with Crippen LogP contribution >= 0.6 is 6.64 Å². The first-order valence-corrected chi connectivity index (χ1v) is 14.5. The molecule has 0 aromatic heterocycles. The van der Waals surface area contributed by atoms with Crippen molar-refractivity contribution in [2.75, 3.05) is 6.61 Å². The summed E-state index contributed by atoms with van der Waals surface area (Å²) in [6.45, 7) is 5.56. The van der Waals surface area contributed by atoms with Gasteiger partial charge in [-0.15, -0.1) is 0 Å². The Labute approximate surface area is 230 Å². The molecule has 212 valence electrons. The zero-order valence-corrected chi connectivity index (χ0v) is 23.5. The summed E-state index contributed by atoms with van der Waals surface area (Å²) < 4.78 is 23.0. The van der Waals surface area contributed by atoms with Gasteiger partial charge < -0.3 is 39.0 Å². The van der Waals surface area contributed by atoms with Crippen molar-refractivity contribution in [3.63, 3.8) is 0 Å². The second-order valence-electron chi connectivity index (χ2n) is 9.30. The molecule has 0 radical (unpaired) electrons. The van der Waals surface area contributed by atoms with Crippen molar-refractivity contribution in [3.8, 4) is 5.75 Å². The number of carbonyl (C=O) groups is 2. The molecule has 1 amide bonds. The summed E-state index contributed by atoms with van der Waals surface area (Å²) in [5.41, 5.74) is 5.07. The lowest BCUT2D eigenvalue weighted by Crippen LogP contribution is -2.54. The van der Waals surface area contributed by atoms with Crippen molar-refractivity contribution < 1.29 is 38.3 Å². The predicted octanol–water partition coefficient (Wildman–Crippen LogP) is 2.13. The second kappa shape index (κ2) is 12.0. The second-order valence-corrected chi connectivity index (χ2v) is 12.4. The highest BCUT2D eigenvalue weighted by Crippen LogP contribution is 2.49. The number of azide groups is 1. The van der Waals surface area contributed by atoms with E-state index in [9.17, 15) is 25.3 Å². The fourth-order valence-electron chi connectivity index (χ4n) is 3.82. The summed E-state index contributed by atoms with van der Waals surface area (Å²) in [7, 11) is 0. The van der Waals surface area contributed by atoms with Crippen LogP contribution in [0.4, 0.5) is 0 Å². The number of para-hydroxylation sites is 1. The van der Waals surface area contributed by atoms with Gasteiger partial charge in [0.05, 0.1) is 12.7 Å². The molecule has 6 atom stereocenters. The molecule has 0 spiro atoms. The normalized spacial score (nSPS) is 28.8. The molecule has 2 aliphatic rings. The van der Waals surface area contributed by atoms with E-state index in [1.165, 1.54) is 31.0 Å². The van der Waals surface area contributed by atoms with Gasteiger partial charge in [-0.05, 0) is 57.2 Å². The Morgan fingerprint density at radius 1 is 1.41 bits per heavy atom. The third kappa shape index (κ3) is 6.96. The fourth-order valence-corrected chi connectivity index (χ4v) is 6.23. The lowest BCUT2D eigenvalue weighted by atomic mass is 9.93. The van der Waals surface area contributed by atoms with Crippen LogP contribution in [0.1, 0.15) is 27.7 Å². The number of nitrogens with one attached hydrogen (secondary N) is 2. The van der Waals surface area contributed by atoms with Crippen LogP contribution in [-0.4, -0.2) is 69.4 Å². The molecule has 1 fully saturated rings. The lowest BCUT2D eigenvalue weighted by Gasteiger charge is -2.37. The molecule has 4 N–H and O–H groups in total. The Morgan fingerprint density at radius 3 is 2.67 bits per heavy atom. The summed E-state index contributed by atoms with van der Waals surface area (Å²) in [6.07, 6.45) is -1.13. The van der Waals surface area contributed by atoms with Gasteiger partial charge in [-0.1, -0.05) is 29.9 Å². The van der Waals surface area contributed by atoms with Gasteiger partial charge in [-0.3, -0.25) is 9.59 Å². The number of nitrogens with zero attached hydrogens (tertiary/aromatic N) is 4. The molecule has 1 aromatic carbocycles. The van der Waals surface area contributed by atoms with Crippen molar-refractivity contribution in [2.45, 2.75) is 63.5 Å². The van der Waals surface area contributed by atoms with Crippen LogP contribution in [0, 0.1) is 0 Å². The average Bonchev–Trinajstić information content (AvgIpc) is 3.04. The van der Waals surface area contributed by atoms with E-state index in [-0.39, 0.29) is 11.9 Å². The smallest absolute Gasteiger partial charge is 0.323 e. The molecule has 0 saturated carbocycles. The summed E-state index contributed by atoms with van der Waals surface area (Å²) in [5, 5.41) is 31.3.